The number of hydrogen-bond donors (Lipinski definition) is 3. The monoisotopic (exact) mass is 477 g/mol. The second kappa shape index (κ2) is 8.93. The molecule has 3 N–H and O–H groups in total. The molecule has 0 aliphatic carbocycles. The SMILES string of the molecule is O=C(COc1ccc(Br)cc1C=C1C(=O)NC(=S)NC1=O)Nc1ccccc1F. The van der Waals surface area contributed by atoms with E-state index >= 15 is 0 Å². The maximum Gasteiger partial charge on any atom is 0.263 e. The number of ether oxygens (including phenoxy) is 1. The summed E-state index contributed by atoms with van der Waals surface area (Å²) in [6, 6.07) is 10.6. The Morgan fingerprint density at radius 2 is 1.86 bits per heavy atom. The van der Waals surface area contributed by atoms with Gasteiger partial charge in [-0.1, -0.05) is 28.1 Å². The molecule has 2 aromatic carbocycles. The van der Waals surface area contributed by atoms with E-state index < -0.39 is 30.1 Å². The molecule has 7 nitrogen and oxygen atoms in total. The Bertz CT molecular complexity index is 1040. The Morgan fingerprint density at radius 1 is 1.17 bits per heavy atom. The number of thiocarbonyl (C=S) groups is 1. The molecule has 10 heteroatoms. The molecular weight excluding hydrogens is 465 g/mol. The first-order chi connectivity index (χ1) is 13.8. The lowest BCUT2D eigenvalue weighted by Crippen LogP contribution is -2.51. The molecule has 3 amide bonds. The minimum atomic E-state index is -0.651. The number of rotatable bonds is 5. The van der Waals surface area contributed by atoms with Crippen molar-refractivity contribution in [3.8, 4) is 5.75 Å². The molecule has 1 fully saturated rings. The minimum absolute atomic E-state index is 0.0331. The Hall–Kier alpha value is -3.11. The van der Waals surface area contributed by atoms with Crippen LogP contribution in [0.3, 0.4) is 0 Å². The molecule has 1 aliphatic rings. The Morgan fingerprint density at radius 3 is 2.55 bits per heavy atom. The van der Waals surface area contributed by atoms with Gasteiger partial charge in [0.1, 0.15) is 17.1 Å². The van der Waals surface area contributed by atoms with Crippen LogP contribution < -0.4 is 20.7 Å². The van der Waals surface area contributed by atoms with Crippen molar-refractivity contribution in [2.45, 2.75) is 0 Å². The van der Waals surface area contributed by atoms with Gasteiger partial charge in [0.25, 0.3) is 17.7 Å². The number of anilines is 1. The van der Waals surface area contributed by atoms with Gasteiger partial charge in [0.15, 0.2) is 11.7 Å². The molecule has 29 heavy (non-hydrogen) atoms. The number of para-hydroxylation sites is 1. The number of carbonyl (C=O) groups excluding carboxylic acids is 3. The van der Waals surface area contributed by atoms with E-state index in [1.807, 2.05) is 0 Å². The van der Waals surface area contributed by atoms with Crippen molar-refractivity contribution in [2.75, 3.05) is 11.9 Å². The van der Waals surface area contributed by atoms with Gasteiger partial charge in [-0.2, -0.15) is 0 Å². The summed E-state index contributed by atoms with van der Waals surface area (Å²) < 4.78 is 19.8. The molecule has 0 spiro atoms. The maximum absolute atomic E-state index is 13.6. The lowest BCUT2D eigenvalue weighted by Gasteiger charge is -2.17. The Kier molecular flexibility index (Phi) is 6.35. The molecule has 0 unspecified atom stereocenters. The van der Waals surface area contributed by atoms with Crippen molar-refractivity contribution in [3.63, 3.8) is 0 Å². The van der Waals surface area contributed by atoms with Gasteiger partial charge in [-0.25, -0.2) is 4.39 Å². The number of nitrogens with one attached hydrogen (secondary N) is 3. The lowest BCUT2D eigenvalue weighted by molar-refractivity contribution is -0.123. The highest BCUT2D eigenvalue weighted by molar-refractivity contribution is 9.10. The average Bonchev–Trinajstić information content (AvgIpc) is 2.66. The fraction of sp³-hybridized carbons (Fsp3) is 0.0526. The van der Waals surface area contributed by atoms with E-state index in [0.717, 1.165) is 0 Å². The molecule has 3 rings (SSSR count). The summed E-state index contributed by atoms with van der Waals surface area (Å²) in [5, 5.41) is 7.00. The summed E-state index contributed by atoms with van der Waals surface area (Å²) >= 11 is 8.07. The highest BCUT2D eigenvalue weighted by Gasteiger charge is 2.26. The number of hydrogen-bond acceptors (Lipinski definition) is 5. The third-order valence-corrected chi connectivity index (χ3v) is 4.42. The zero-order valence-corrected chi connectivity index (χ0v) is 17.0. The van der Waals surface area contributed by atoms with E-state index in [4.69, 9.17) is 17.0 Å². The van der Waals surface area contributed by atoms with Gasteiger partial charge in [0, 0.05) is 10.0 Å². The van der Waals surface area contributed by atoms with E-state index in [1.165, 1.54) is 24.3 Å². The second-order valence-electron chi connectivity index (χ2n) is 5.79. The summed E-state index contributed by atoms with van der Waals surface area (Å²) in [5.41, 5.74) is 0.245. The molecule has 2 aromatic rings. The van der Waals surface area contributed by atoms with E-state index in [-0.39, 0.29) is 22.1 Å². The van der Waals surface area contributed by atoms with Crippen LogP contribution in [0, 0.1) is 5.82 Å². The highest BCUT2D eigenvalue weighted by atomic mass is 79.9. The Labute approximate surface area is 178 Å². The van der Waals surface area contributed by atoms with E-state index in [2.05, 4.69) is 31.9 Å². The lowest BCUT2D eigenvalue weighted by atomic mass is 10.1. The molecule has 0 radical (unpaired) electrons. The zero-order valence-electron chi connectivity index (χ0n) is 14.6. The quantitative estimate of drug-likeness (QED) is 0.349. The van der Waals surface area contributed by atoms with Crippen molar-refractivity contribution in [1.29, 1.82) is 0 Å². The summed E-state index contributed by atoms with van der Waals surface area (Å²) in [6.45, 7) is -0.408. The summed E-state index contributed by atoms with van der Waals surface area (Å²) in [5.74, 6) is -2.20. The summed E-state index contributed by atoms with van der Waals surface area (Å²) in [7, 11) is 0. The minimum Gasteiger partial charge on any atom is -0.483 e. The summed E-state index contributed by atoms with van der Waals surface area (Å²) in [4.78, 5) is 36.2. The molecule has 0 atom stereocenters. The third kappa shape index (κ3) is 5.24. The molecule has 1 saturated heterocycles. The first-order valence-electron chi connectivity index (χ1n) is 8.18. The third-order valence-electron chi connectivity index (χ3n) is 3.72. The number of halogens is 2. The van der Waals surface area contributed by atoms with Crippen molar-refractivity contribution < 1.29 is 23.5 Å². The molecule has 0 saturated carbocycles. The van der Waals surface area contributed by atoms with Crippen LogP contribution in [0.15, 0.2) is 52.5 Å². The van der Waals surface area contributed by atoms with E-state index in [0.29, 0.717) is 10.0 Å². The van der Waals surface area contributed by atoms with Crippen molar-refractivity contribution in [2.24, 2.45) is 0 Å². The van der Waals surface area contributed by atoms with Gasteiger partial charge in [0.05, 0.1) is 5.69 Å². The first kappa shape index (κ1) is 20.6. The maximum atomic E-state index is 13.6. The van der Waals surface area contributed by atoms with Crippen molar-refractivity contribution in [1.82, 2.24) is 10.6 Å². The predicted octanol–water partition coefficient (Wildman–Crippen LogP) is 2.52. The van der Waals surface area contributed by atoms with Gasteiger partial charge in [-0.3, -0.25) is 25.0 Å². The second-order valence-corrected chi connectivity index (χ2v) is 7.12. The molecule has 1 heterocycles. The summed E-state index contributed by atoms with van der Waals surface area (Å²) in [6.07, 6.45) is 1.32. The van der Waals surface area contributed by atoms with Gasteiger partial charge < -0.3 is 10.1 Å². The molecule has 148 valence electrons. The van der Waals surface area contributed by atoms with Crippen LogP contribution in [-0.2, 0) is 14.4 Å². The smallest absolute Gasteiger partial charge is 0.263 e. The molecule has 1 aliphatic heterocycles. The fourth-order valence-electron chi connectivity index (χ4n) is 2.42. The van der Waals surface area contributed by atoms with Gasteiger partial charge in [0.2, 0.25) is 0 Å². The van der Waals surface area contributed by atoms with Crippen molar-refractivity contribution in [3.05, 3.63) is 63.9 Å². The van der Waals surface area contributed by atoms with E-state index in [9.17, 15) is 18.8 Å². The number of benzene rings is 2. The Balaban J connectivity index is 1.77. The normalized spacial score (nSPS) is 13.4. The van der Waals surface area contributed by atoms with E-state index in [1.54, 1.807) is 24.3 Å². The van der Waals surface area contributed by atoms with Crippen LogP contribution in [0.2, 0.25) is 0 Å². The molecular formula is C19H13BrFN3O4S. The average molecular weight is 478 g/mol. The van der Waals surface area contributed by atoms with Crippen LogP contribution in [0.4, 0.5) is 10.1 Å². The number of amides is 3. The fourth-order valence-corrected chi connectivity index (χ4v) is 2.98. The highest BCUT2D eigenvalue weighted by Crippen LogP contribution is 2.26. The standard InChI is InChI=1S/C19H13BrFN3O4S/c20-11-5-6-15(28-9-16(25)22-14-4-2-1-3-13(14)21)10(7-11)8-12-17(26)23-19(29)24-18(12)27/h1-8H,9H2,(H,22,25)(H2,23,24,26,27,29). The van der Waals surface area contributed by atoms with Gasteiger partial charge in [-0.05, 0) is 48.6 Å². The largest absolute Gasteiger partial charge is 0.483 e. The van der Waals surface area contributed by atoms with Crippen LogP contribution in [-0.4, -0.2) is 29.4 Å². The first-order valence-corrected chi connectivity index (χ1v) is 9.38. The molecule has 0 aromatic heterocycles. The van der Waals surface area contributed by atoms with Gasteiger partial charge >= 0.3 is 0 Å². The van der Waals surface area contributed by atoms with Crippen LogP contribution in [0.25, 0.3) is 6.08 Å². The van der Waals surface area contributed by atoms with Crippen LogP contribution >= 0.6 is 28.1 Å². The molecule has 0 bridgehead atoms. The van der Waals surface area contributed by atoms with Crippen molar-refractivity contribution >= 4 is 62.7 Å². The zero-order chi connectivity index (χ0) is 21.0. The predicted molar refractivity (Wildman–Crippen MR) is 112 cm³/mol. The van der Waals surface area contributed by atoms with Gasteiger partial charge in [-0.15, -0.1) is 0 Å². The van der Waals surface area contributed by atoms with Crippen LogP contribution in [0.5, 0.6) is 5.75 Å². The number of carbonyl (C=O) groups is 3. The topological polar surface area (TPSA) is 96.5 Å². The van der Waals surface area contributed by atoms with Crippen LogP contribution in [0.1, 0.15) is 5.56 Å².